The lowest BCUT2D eigenvalue weighted by Gasteiger charge is -2.09. The third kappa shape index (κ3) is 3.48. The molecule has 1 N–H and O–H groups in total. The molecule has 0 atom stereocenters. The number of hydrogen-bond donors (Lipinski definition) is 1. The van der Waals surface area contributed by atoms with Crippen molar-refractivity contribution in [3.05, 3.63) is 23.4 Å². The van der Waals surface area contributed by atoms with Crippen LogP contribution < -0.4 is 0 Å². The highest BCUT2D eigenvalue weighted by molar-refractivity contribution is 7.99. The van der Waals surface area contributed by atoms with E-state index < -0.39 is 5.97 Å². The maximum absolute atomic E-state index is 11.0. The summed E-state index contributed by atoms with van der Waals surface area (Å²) in [5, 5.41) is 9.93. The molecule has 1 heterocycles. The molecule has 0 saturated heterocycles. The van der Waals surface area contributed by atoms with Crippen LogP contribution in [0.2, 0.25) is 0 Å². The number of hydrogen-bond acceptors (Lipinski definition) is 3. The second-order valence-corrected chi connectivity index (χ2v) is 5.85. The molecule has 0 radical (unpaired) electrons. The van der Waals surface area contributed by atoms with Gasteiger partial charge in [0.05, 0.1) is 10.6 Å². The summed E-state index contributed by atoms with van der Waals surface area (Å²) >= 11 is 1.70. The highest BCUT2D eigenvalue weighted by Gasteiger charge is 2.16. The Hall–Kier alpha value is -1.03. The van der Waals surface area contributed by atoms with Gasteiger partial charge in [-0.05, 0) is 37.3 Å². The molecule has 1 aromatic heterocycles. The molecule has 18 heavy (non-hydrogen) atoms. The van der Waals surface area contributed by atoms with Crippen molar-refractivity contribution in [1.82, 2.24) is 4.98 Å². The van der Waals surface area contributed by atoms with Gasteiger partial charge in [-0.1, -0.05) is 19.8 Å². The zero-order valence-electron chi connectivity index (χ0n) is 10.7. The molecule has 1 saturated carbocycles. The van der Waals surface area contributed by atoms with Gasteiger partial charge in [-0.2, -0.15) is 0 Å². The van der Waals surface area contributed by atoms with Crippen LogP contribution in [0.3, 0.4) is 0 Å². The van der Waals surface area contributed by atoms with Crippen LogP contribution in [0, 0.1) is 5.92 Å². The molecule has 0 bridgehead atoms. The fourth-order valence-corrected chi connectivity index (χ4v) is 3.45. The Morgan fingerprint density at radius 2 is 2.17 bits per heavy atom. The summed E-state index contributed by atoms with van der Waals surface area (Å²) < 4.78 is 0. The average molecular weight is 265 g/mol. The SMILES string of the molecule is CCc1cc(C(=O)O)cc(SCC2CCCC2)n1. The highest BCUT2D eigenvalue weighted by Crippen LogP contribution is 2.30. The van der Waals surface area contributed by atoms with E-state index in [2.05, 4.69) is 4.98 Å². The zero-order valence-corrected chi connectivity index (χ0v) is 11.5. The van der Waals surface area contributed by atoms with E-state index in [4.69, 9.17) is 5.11 Å². The van der Waals surface area contributed by atoms with E-state index >= 15 is 0 Å². The summed E-state index contributed by atoms with van der Waals surface area (Å²) in [6.45, 7) is 2.00. The number of carbonyl (C=O) groups is 1. The Kier molecular flexibility index (Phi) is 4.64. The Morgan fingerprint density at radius 3 is 2.78 bits per heavy atom. The average Bonchev–Trinajstić information content (AvgIpc) is 2.89. The van der Waals surface area contributed by atoms with Gasteiger partial charge >= 0.3 is 5.97 Å². The van der Waals surface area contributed by atoms with Crippen LogP contribution in [0.5, 0.6) is 0 Å². The monoisotopic (exact) mass is 265 g/mol. The molecule has 0 aromatic carbocycles. The van der Waals surface area contributed by atoms with Crippen molar-refractivity contribution in [3.63, 3.8) is 0 Å². The minimum Gasteiger partial charge on any atom is -0.478 e. The lowest BCUT2D eigenvalue weighted by Crippen LogP contribution is -2.02. The summed E-state index contributed by atoms with van der Waals surface area (Å²) in [4.78, 5) is 15.5. The van der Waals surface area contributed by atoms with Crippen molar-refractivity contribution < 1.29 is 9.90 Å². The summed E-state index contributed by atoms with van der Waals surface area (Å²) in [5.41, 5.74) is 1.22. The summed E-state index contributed by atoms with van der Waals surface area (Å²) in [7, 11) is 0. The van der Waals surface area contributed by atoms with Crippen molar-refractivity contribution in [2.75, 3.05) is 5.75 Å². The Balaban J connectivity index is 2.05. The maximum atomic E-state index is 11.0. The second-order valence-electron chi connectivity index (χ2n) is 4.81. The van der Waals surface area contributed by atoms with E-state index in [0.717, 1.165) is 28.8 Å². The first kappa shape index (κ1) is 13.4. The van der Waals surface area contributed by atoms with Crippen LogP contribution in [0.1, 0.15) is 48.7 Å². The lowest BCUT2D eigenvalue weighted by atomic mass is 10.1. The van der Waals surface area contributed by atoms with E-state index in [0.29, 0.717) is 5.56 Å². The third-order valence-electron chi connectivity index (χ3n) is 3.41. The molecule has 0 amide bonds. The molecule has 3 nitrogen and oxygen atoms in total. The molecule has 0 aliphatic heterocycles. The molecule has 4 heteroatoms. The Morgan fingerprint density at radius 1 is 1.44 bits per heavy atom. The normalized spacial score (nSPS) is 16.1. The summed E-state index contributed by atoms with van der Waals surface area (Å²) in [6, 6.07) is 3.36. The number of thioether (sulfide) groups is 1. The smallest absolute Gasteiger partial charge is 0.335 e. The first-order chi connectivity index (χ1) is 8.69. The number of aryl methyl sites for hydroxylation is 1. The summed E-state index contributed by atoms with van der Waals surface area (Å²) in [6.07, 6.45) is 6.08. The molecule has 1 aromatic rings. The largest absolute Gasteiger partial charge is 0.478 e. The fourth-order valence-electron chi connectivity index (χ4n) is 2.32. The van der Waals surface area contributed by atoms with E-state index in [1.165, 1.54) is 25.7 Å². The molecule has 1 aliphatic rings. The molecule has 1 aliphatic carbocycles. The molecular formula is C14H19NO2S. The first-order valence-electron chi connectivity index (χ1n) is 6.56. The van der Waals surface area contributed by atoms with Gasteiger partial charge in [0, 0.05) is 11.4 Å². The number of nitrogens with zero attached hydrogens (tertiary/aromatic N) is 1. The van der Waals surface area contributed by atoms with Crippen LogP contribution in [0.15, 0.2) is 17.2 Å². The predicted octanol–water partition coefficient (Wildman–Crippen LogP) is 3.62. The van der Waals surface area contributed by atoms with Crippen molar-refractivity contribution in [3.8, 4) is 0 Å². The van der Waals surface area contributed by atoms with E-state index in [1.54, 1.807) is 23.9 Å². The fraction of sp³-hybridized carbons (Fsp3) is 0.571. The van der Waals surface area contributed by atoms with Gasteiger partial charge in [0.15, 0.2) is 0 Å². The maximum Gasteiger partial charge on any atom is 0.335 e. The zero-order chi connectivity index (χ0) is 13.0. The number of aromatic carboxylic acids is 1. The number of carboxylic acid groups (broad SMARTS) is 1. The standard InChI is InChI=1S/C14H19NO2S/c1-2-12-7-11(14(16)17)8-13(15-12)18-9-10-5-3-4-6-10/h7-8,10H,2-6,9H2,1H3,(H,16,17). The van der Waals surface area contributed by atoms with Crippen LogP contribution >= 0.6 is 11.8 Å². The summed E-state index contributed by atoms with van der Waals surface area (Å²) in [5.74, 6) is 0.990. The number of carboxylic acids is 1. The van der Waals surface area contributed by atoms with Crippen molar-refractivity contribution in [1.29, 1.82) is 0 Å². The van der Waals surface area contributed by atoms with Crippen LogP contribution in [0.4, 0.5) is 0 Å². The predicted molar refractivity (Wildman–Crippen MR) is 73.3 cm³/mol. The molecular weight excluding hydrogens is 246 g/mol. The second kappa shape index (κ2) is 6.23. The number of aromatic nitrogens is 1. The molecule has 0 spiro atoms. The van der Waals surface area contributed by atoms with Crippen molar-refractivity contribution in [2.45, 2.75) is 44.1 Å². The quantitative estimate of drug-likeness (QED) is 0.826. The third-order valence-corrected chi connectivity index (χ3v) is 4.55. The van der Waals surface area contributed by atoms with Crippen LogP contribution in [-0.2, 0) is 6.42 Å². The molecule has 2 rings (SSSR count). The first-order valence-corrected chi connectivity index (χ1v) is 7.54. The van der Waals surface area contributed by atoms with Gasteiger partial charge in [-0.25, -0.2) is 9.78 Å². The van der Waals surface area contributed by atoms with Gasteiger partial charge < -0.3 is 5.11 Å². The lowest BCUT2D eigenvalue weighted by molar-refractivity contribution is 0.0696. The van der Waals surface area contributed by atoms with Gasteiger partial charge in [0.25, 0.3) is 0 Å². The molecule has 1 fully saturated rings. The topological polar surface area (TPSA) is 50.2 Å². The number of rotatable bonds is 5. The van der Waals surface area contributed by atoms with Gasteiger partial charge in [0.1, 0.15) is 0 Å². The van der Waals surface area contributed by atoms with Crippen molar-refractivity contribution in [2.24, 2.45) is 5.92 Å². The van der Waals surface area contributed by atoms with Crippen LogP contribution in [0.25, 0.3) is 0 Å². The van der Waals surface area contributed by atoms with Crippen LogP contribution in [-0.4, -0.2) is 21.8 Å². The Bertz CT molecular complexity index is 428. The van der Waals surface area contributed by atoms with Gasteiger partial charge in [0.2, 0.25) is 0 Å². The van der Waals surface area contributed by atoms with Gasteiger partial charge in [-0.3, -0.25) is 0 Å². The van der Waals surface area contributed by atoms with Crippen molar-refractivity contribution >= 4 is 17.7 Å². The number of pyridine rings is 1. The van der Waals surface area contributed by atoms with E-state index in [9.17, 15) is 4.79 Å². The van der Waals surface area contributed by atoms with E-state index in [1.807, 2.05) is 6.92 Å². The molecule has 98 valence electrons. The Labute approximate surface area is 112 Å². The van der Waals surface area contributed by atoms with E-state index in [-0.39, 0.29) is 0 Å². The minimum atomic E-state index is -0.866. The molecule has 0 unspecified atom stereocenters. The van der Waals surface area contributed by atoms with Gasteiger partial charge in [-0.15, -0.1) is 11.8 Å². The minimum absolute atomic E-state index is 0.357. The highest BCUT2D eigenvalue weighted by atomic mass is 32.2.